The van der Waals surface area contributed by atoms with Gasteiger partial charge in [0.2, 0.25) is 0 Å². The van der Waals surface area contributed by atoms with Crippen molar-refractivity contribution in [3.05, 3.63) is 35.2 Å². The molecular formula is C17H24N6O. The second-order valence-corrected chi connectivity index (χ2v) is 6.45. The SMILES string of the molecule is Cc1cc(C)nc(CCNC(=O)c2cn(C3CCCCC3)nn2)n1. The summed E-state index contributed by atoms with van der Waals surface area (Å²) >= 11 is 0. The van der Waals surface area contributed by atoms with Crippen molar-refractivity contribution in [1.29, 1.82) is 0 Å². The van der Waals surface area contributed by atoms with Crippen molar-refractivity contribution in [2.75, 3.05) is 6.54 Å². The summed E-state index contributed by atoms with van der Waals surface area (Å²) in [5, 5.41) is 11.0. The van der Waals surface area contributed by atoms with Crippen LogP contribution >= 0.6 is 0 Å². The molecule has 24 heavy (non-hydrogen) atoms. The molecule has 0 saturated heterocycles. The van der Waals surface area contributed by atoms with Gasteiger partial charge >= 0.3 is 0 Å². The molecule has 0 bridgehead atoms. The molecule has 2 aromatic heterocycles. The van der Waals surface area contributed by atoms with E-state index >= 15 is 0 Å². The van der Waals surface area contributed by atoms with Crippen molar-refractivity contribution in [3.8, 4) is 0 Å². The maximum Gasteiger partial charge on any atom is 0.273 e. The van der Waals surface area contributed by atoms with Crippen molar-refractivity contribution in [2.45, 2.75) is 58.4 Å². The Kier molecular flexibility index (Phi) is 5.17. The van der Waals surface area contributed by atoms with Crippen molar-refractivity contribution in [1.82, 2.24) is 30.3 Å². The molecule has 1 saturated carbocycles. The summed E-state index contributed by atoms with van der Waals surface area (Å²) in [4.78, 5) is 20.9. The fourth-order valence-electron chi connectivity index (χ4n) is 3.19. The zero-order valence-electron chi connectivity index (χ0n) is 14.3. The highest BCUT2D eigenvalue weighted by Gasteiger charge is 2.18. The van der Waals surface area contributed by atoms with Crippen LogP contribution < -0.4 is 5.32 Å². The van der Waals surface area contributed by atoms with Crippen LogP contribution in [0.4, 0.5) is 0 Å². The molecule has 0 spiro atoms. The molecule has 1 aliphatic carbocycles. The largest absolute Gasteiger partial charge is 0.350 e. The maximum atomic E-state index is 12.2. The molecule has 0 atom stereocenters. The third-order valence-electron chi connectivity index (χ3n) is 4.35. The maximum absolute atomic E-state index is 12.2. The second kappa shape index (κ2) is 7.51. The highest BCUT2D eigenvalue weighted by molar-refractivity contribution is 5.91. The lowest BCUT2D eigenvalue weighted by Gasteiger charge is -2.20. The molecule has 0 radical (unpaired) electrons. The van der Waals surface area contributed by atoms with Gasteiger partial charge in [-0.2, -0.15) is 0 Å². The first-order valence-corrected chi connectivity index (χ1v) is 8.63. The lowest BCUT2D eigenvalue weighted by molar-refractivity contribution is 0.0949. The van der Waals surface area contributed by atoms with E-state index in [0.29, 0.717) is 24.7 Å². The van der Waals surface area contributed by atoms with Crippen LogP contribution in [0.15, 0.2) is 12.3 Å². The first kappa shape index (κ1) is 16.5. The third-order valence-corrected chi connectivity index (χ3v) is 4.35. The average Bonchev–Trinajstić information content (AvgIpc) is 3.05. The summed E-state index contributed by atoms with van der Waals surface area (Å²) in [5.41, 5.74) is 2.26. The van der Waals surface area contributed by atoms with Crippen molar-refractivity contribution in [3.63, 3.8) is 0 Å². The molecule has 128 valence electrons. The standard InChI is InChI=1S/C17H24N6O/c1-12-10-13(2)20-16(19-12)8-9-18-17(24)15-11-23(22-21-15)14-6-4-3-5-7-14/h10-11,14H,3-9H2,1-2H3,(H,18,24). The van der Waals surface area contributed by atoms with Crippen LogP contribution in [0.1, 0.15) is 65.8 Å². The number of carbonyl (C=O) groups is 1. The van der Waals surface area contributed by atoms with Gasteiger partial charge in [0.15, 0.2) is 5.69 Å². The van der Waals surface area contributed by atoms with Crippen LogP contribution in [0.3, 0.4) is 0 Å². The fraction of sp³-hybridized carbons (Fsp3) is 0.588. The molecule has 1 amide bonds. The number of hydrogen-bond acceptors (Lipinski definition) is 5. The number of nitrogens with one attached hydrogen (secondary N) is 1. The summed E-state index contributed by atoms with van der Waals surface area (Å²) < 4.78 is 1.85. The molecule has 3 rings (SSSR count). The zero-order chi connectivity index (χ0) is 16.9. The Morgan fingerprint density at radius 2 is 1.92 bits per heavy atom. The number of carbonyl (C=O) groups excluding carboxylic acids is 1. The highest BCUT2D eigenvalue weighted by atomic mass is 16.2. The van der Waals surface area contributed by atoms with Crippen LogP contribution in [-0.2, 0) is 6.42 Å². The average molecular weight is 328 g/mol. The van der Waals surface area contributed by atoms with Gasteiger partial charge in [-0.3, -0.25) is 4.79 Å². The topological polar surface area (TPSA) is 85.6 Å². The number of amides is 1. The van der Waals surface area contributed by atoms with E-state index in [1.807, 2.05) is 24.6 Å². The Bertz CT molecular complexity index is 685. The van der Waals surface area contributed by atoms with E-state index < -0.39 is 0 Å². The highest BCUT2D eigenvalue weighted by Crippen LogP contribution is 2.27. The van der Waals surface area contributed by atoms with E-state index in [9.17, 15) is 4.79 Å². The van der Waals surface area contributed by atoms with Gasteiger partial charge < -0.3 is 5.32 Å². The van der Waals surface area contributed by atoms with Gasteiger partial charge in [-0.15, -0.1) is 5.10 Å². The fourth-order valence-corrected chi connectivity index (χ4v) is 3.19. The minimum Gasteiger partial charge on any atom is -0.350 e. The van der Waals surface area contributed by atoms with E-state index in [4.69, 9.17) is 0 Å². The molecule has 2 heterocycles. The van der Waals surface area contributed by atoms with Crippen molar-refractivity contribution < 1.29 is 4.79 Å². The van der Waals surface area contributed by atoms with Gasteiger partial charge in [-0.1, -0.05) is 24.5 Å². The van der Waals surface area contributed by atoms with Gasteiger partial charge in [0.1, 0.15) is 5.82 Å². The molecule has 1 fully saturated rings. The summed E-state index contributed by atoms with van der Waals surface area (Å²) in [6.45, 7) is 4.37. The summed E-state index contributed by atoms with van der Waals surface area (Å²) in [6, 6.07) is 2.32. The molecule has 0 aliphatic heterocycles. The van der Waals surface area contributed by atoms with E-state index in [0.717, 1.165) is 30.1 Å². The Balaban J connectivity index is 1.52. The van der Waals surface area contributed by atoms with Gasteiger partial charge in [-0.25, -0.2) is 14.6 Å². The molecule has 0 aromatic carbocycles. The molecular weight excluding hydrogens is 304 g/mol. The monoisotopic (exact) mass is 328 g/mol. The van der Waals surface area contributed by atoms with Crippen LogP contribution in [0, 0.1) is 13.8 Å². The number of aryl methyl sites for hydroxylation is 2. The number of aromatic nitrogens is 5. The minimum atomic E-state index is -0.193. The van der Waals surface area contributed by atoms with Gasteiger partial charge in [0.05, 0.1) is 12.2 Å². The predicted molar refractivity (Wildman–Crippen MR) is 89.7 cm³/mol. The van der Waals surface area contributed by atoms with Crippen LogP contribution in [-0.4, -0.2) is 37.4 Å². The van der Waals surface area contributed by atoms with Crippen LogP contribution in [0.25, 0.3) is 0 Å². The van der Waals surface area contributed by atoms with Crippen LogP contribution in [0.2, 0.25) is 0 Å². The Morgan fingerprint density at radius 3 is 2.62 bits per heavy atom. The second-order valence-electron chi connectivity index (χ2n) is 6.45. The van der Waals surface area contributed by atoms with Crippen molar-refractivity contribution >= 4 is 5.91 Å². The Hall–Kier alpha value is -2.31. The lowest BCUT2D eigenvalue weighted by atomic mass is 9.96. The summed E-state index contributed by atoms with van der Waals surface area (Å²) in [7, 11) is 0. The lowest BCUT2D eigenvalue weighted by Crippen LogP contribution is -2.26. The first-order chi connectivity index (χ1) is 11.6. The zero-order valence-corrected chi connectivity index (χ0v) is 14.3. The van der Waals surface area contributed by atoms with Gasteiger partial charge in [-0.05, 0) is 32.8 Å². The minimum absolute atomic E-state index is 0.193. The van der Waals surface area contributed by atoms with Crippen molar-refractivity contribution in [2.24, 2.45) is 0 Å². The summed E-state index contributed by atoms with van der Waals surface area (Å²) in [6.07, 6.45) is 8.34. The first-order valence-electron chi connectivity index (χ1n) is 8.63. The van der Waals surface area contributed by atoms with Gasteiger partial charge in [0.25, 0.3) is 5.91 Å². The quantitative estimate of drug-likeness (QED) is 0.909. The Morgan fingerprint density at radius 1 is 1.21 bits per heavy atom. The van der Waals surface area contributed by atoms with E-state index in [1.54, 1.807) is 6.20 Å². The van der Waals surface area contributed by atoms with E-state index in [1.165, 1.54) is 19.3 Å². The predicted octanol–water partition coefficient (Wildman–Crippen LogP) is 2.16. The summed E-state index contributed by atoms with van der Waals surface area (Å²) in [5.74, 6) is 0.556. The van der Waals surface area contributed by atoms with E-state index in [-0.39, 0.29) is 5.91 Å². The van der Waals surface area contributed by atoms with Gasteiger partial charge in [0, 0.05) is 24.4 Å². The molecule has 0 unspecified atom stereocenters. The third kappa shape index (κ3) is 4.15. The van der Waals surface area contributed by atoms with Crippen LogP contribution in [0.5, 0.6) is 0 Å². The molecule has 2 aromatic rings. The normalized spacial score (nSPS) is 15.4. The smallest absolute Gasteiger partial charge is 0.273 e. The molecule has 7 heteroatoms. The number of rotatable bonds is 5. The number of hydrogen-bond donors (Lipinski definition) is 1. The molecule has 1 aliphatic rings. The Labute approximate surface area is 141 Å². The molecule has 7 nitrogen and oxygen atoms in total. The number of nitrogens with zero attached hydrogens (tertiary/aromatic N) is 5. The molecule has 1 N–H and O–H groups in total. The van der Waals surface area contributed by atoms with E-state index in [2.05, 4.69) is 25.6 Å².